The van der Waals surface area contributed by atoms with Crippen molar-refractivity contribution < 1.29 is 14.6 Å². The lowest BCUT2D eigenvalue weighted by atomic mass is 10.2. The van der Waals surface area contributed by atoms with Gasteiger partial charge in [0.05, 0.1) is 25.3 Å². The van der Waals surface area contributed by atoms with Crippen molar-refractivity contribution in [2.24, 2.45) is 0 Å². The van der Waals surface area contributed by atoms with E-state index < -0.39 is 0 Å². The maximum absolute atomic E-state index is 8.69. The molecule has 0 saturated carbocycles. The molecule has 0 aliphatic rings. The van der Waals surface area contributed by atoms with Gasteiger partial charge in [-0.3, -0.25) is 0 Å². The predicted octanol–water partition coefficient (Wildman–Crippen LogP) is 2.25. The molecular weight excluding hydrogens is 277 g/mol. The van der Waals surface area contributed by atoms with Crippen LogP contribution in [0.1, 0.15) is 12.5 Å². The predicted molar refractivity (Wildman–Crippen MR) is 75.2 cm³/mol. The fourth-order valence-corrected chi connectivity index (χ4v) is 1.81. The lowest BCUT2D eigenvalue weighted by molar-refractivity contribution is 0.291. The first-order chi connectivity index (χ1) is 8.22. The van der Waals surface area contributed by atoms with Crippen LogP contribution in [0.15, 0.2) is 12.1 Å². The van der Waals surface area contributed by atoms with Crippen LogP contribution in [0.3, 0.4) is 0 Å². The van der Waals surface area contributed by atoms with Crippen LogP contribution in [0.2, 0.25) is 5.02 Å². The van der Waals surface area contributed by atoms with E-state index in [-0.39, 0.29) is 19.0 Å². The molecule has 18 heavy (non-hydrogen) atoms. The average molecular weight is 296 g/mol. The molecule has 104 valence electrons. The van der Waals surface area contributed by atoms with Gasteiger partial charge in [-0.25, -0.2) is 0 Å². The van der Waals surface area contributed by atoms with Crippen LogP contribution in [-0.2, 0) is 6.54 Å². The summed E-state index contributed by atoms with van der Waals surface area (Å²) in [6, 6.07) is 3.71. The van der Waals surface area contributed by atoms with Crippen LogP contribution in [0.4, 0.5) is 0 Å². The Hall–Kier alpha value is -0.680. The third kappa shape index (κ3) is 4.90. The summed E-state index contributed by atoms with van der Waals surface area (Å²) in [4.78, 5) is 0. The summed E-state index contributed by atoms with van der Waals surface area (Å²) in [5, 5.41) is 12.3. The van der Waals surface area contributed by atoms with Crippen molar-refractivity contribution in [3.05, 3.63) is 22.7 Å². The van der Waals surface area contributed by atoms with Crippen molar-refractivity contribution in [1.29, 1.82) is 0 Å². The van der Waals surface area contributed by atoms with E-state index in [9.17, 15) is 0 Å². The van der Waals surface area contributed by atoms with Gasteiger partial charge in [-0.05, 0) is 24.6 Å². The molecule has 0 spiro atoms. The molecule has 0 aliphatic carbocycles. The molecule has 0 atom stereocenters. The quantitative estimate of drug-likeness (QED) is 0.758. The highest BCUT2D eigenvalue weighted by molar-refractivity contribution is 6.32. The molecule has 0 amide bonds. The Balaban J connectivity index is 0.00000289. The Bertz CT molecular complexity index is 361. The largest absolute Gasteiger partial charge is 0.491 e. The van der Waals surface area contributed by atoms with E-state index in [1.165, 1.54) is 0 Å². The number of ether oxygens (including phenoxy) is 2. The average Bonchev–Trinajstić information content (AvgIpc) is 2.30. The minimum absolute atomic E-state index is 0. The molecule has 0 heterocycles. The molecule has 0 fully saturated rings. The Kier molecular flexibility index (Phi) is 8.93. The minimum atomic E-state index is 0. The molecule has 0 radical (unpaired) electrons. The lowest BCUT2D eigenvalue weighted by Crippen LogP contribution is -2.17. The number of hydrogen-bond acceptors (Lipinski definition) is 4. The van der Waals surface area contributed by atoms with Crippen molar-refractivity contribution in [3.8, 4) is 11.5 Å². The van der Waals surface area contributed by atoms with Crippen molar-refractivity contribution in [3.63, 3.8) is 0 Å². The summed E-state index contributed by atoms with van der Waals surface area (Å²) in [6.45, 7) is 3.75. The van der Waals surface area contributed by atoms with Gasteiger partial charge < -0.3 is 19.9 Å². The van der Waals surface area contributed by atoms with E-state index in [1.807, 2.05) is 19.1 Å². The molecule has 2 N–H and O–H groups in total. The van der Waals surface area contributed by atoms with E-state index in [1.54, 1.807) is 7.11 Å². The van der Waals surface area contributed by atoms with E-state index in [0.717, 1.165) is 5.56 Å². The third-order valence-electron chi connectivity index (χ3n) is 2.19. The van der Waals surface area contributed by atoms with Gasteiger partial charge in [0.2, 0.25) is 0 Å². The topological polar surface area (TPSA) is 50.7 Å². The number of benzene rings is 1. The number of rotatable bonds is 7. The van der Waals surface area contributed by atoms with Gasteiger partial charge in [-0.1, -0.05) is 11.6 Å². The van der Waals surface area contributed by atoms with Gasteiger partial charge in [0.1, 0.15) is 0 Å². The van der Waals surface area contributed by atoms with Crippen LogP contribution in [0.5, 0.6) is 11.5 Å². The first kappa shape index (κ1) is 17.3. The van der Waals surface area contributed by atoms with Crippen molar-refractivity contribution in [2.45, 2.75) is 13.5 Å². The van der Waals surface area contributed by atoms with Gasteiger partial charge in [-0.15, -0.1) is 12.4 Å². The number of aliphatic hydroxyl groups is 1. The number of hydrogen-bond donors (Lipinski definition) is 2. The molecule has 0 saturated heterocycles. The van der Waals surface area contributed by atoms with Crippen molar-refractivity contribution in [1.82, 2.24) is 5.32 Å². The van der Waals surface area contributed by atoms with E-state index in [4.69, 9.17) is 26.2 Å². The van der Waals surface area contributed by atoms with Crippen LogP contribution < -0.4 is 14.8 Å². The Labute approximate surface area is 119 Å². The molecule has 1 rings (SSSR count). The Morgan fingerprint density at radius 1 is 1.39 bits per heavy atom. The van der Waals surface area contributed by atoms with Gasteiger partial charge in [0.15, 0.2) is 11.5 Å². The molecule has 0 bridgehead atoms. The SMILES string of the molecule is CCOc1cc(CNCCO)cc(Cl)c1OC.Cl. The summed E-state index contributed by atoms with van der Waals surface area (Å²) in [7, 11) is 1.56. The van der Waals surface area contributed by atoms with E-state index in [0.29, 0.717) is 36.2 Å². The van der Waals surface area contributed by atoms with Crippen LogP contribution in [0.25, 0.3) is 0 Å². The summed E-state index contributed by atoms with van der Waals surface area (Å²) in [6.07, 6.45) is 0. The summed E-state index contributed by atoms with van der Waals surface area (Å²) >= 11 is 6.10. The first-order valence-electron chi connectivity index (χ1n) is 5.53. The van der Waals surface area contributed by atoms with Crippen molar-refractivity contribution in [2.75, 3.05) is 26.9 Å². The second-order valence-corrected chi connectivity index (χ2v) is 3.85. The summed E-state index contributed by atoms with van der Waals surface area (Å²) in [5.74, 6) is 1.20. The fourth-order valence-electron chi connectivity index (χ4n) is 1.50. The molecule has 6 heteroatoms. The van der Waals surface area contributed by atoms with Crippen LogP contribution in [0, 0.1) is 0 Å². The molecule has 1 aromatic rings. The zero-order chi connectivity index (χ0) is 12.7. The van der Waals surface area contributed by atoms with Crippen molar-refractivity contribution >= 4 is 24.0 Å². The van der Waals surface area contributed by atoms with Gasteiger partial charge in [-0.2, -0.15) is 0 Å². The number of aliphatic hydroxyl groups excluding tert-OH is 1. The maximum Gasteiger partial charge on any atom is 0.179 e. The van der Waals surface area contributed by atoms with Gasteiger partial charge >= 0.3 is 0 Å². The Morgan fingerprint density at radius 3 is 2.67 bits per heavy atom. The second-order valence-electron chi connectivity index (χ2n) is 3.44. The summed E-state index contributed by atoms with van der Waals surface area (Å²) < 4.78 is 10.7. The monoisotopic (exact) mass is 295 g/mol. The van der Waals surface area contributed by atoms with Gasteiger partial charge in [0.25, 0.3) is 0 Å². The number of methoxy groups -OCH3 is 1. The molecule has 0 aromatic heterocycles. The molecular formula is C12H19Cl2NO3. The second kappa shape index (κ2) is 9.28. The lowest BCUT2D eigenvalue weighted by Gasteiger charge is -2.13. The van der Waals surface area contributed by atoms with Gasteiger partial charge in [0, 0.05) is 13.1 Å². The van der Waals surface area contributed by atoms with Crippen LogP contribution >= 0.6 is 24.0 Å². The molecule has 0 unspecified atom stereocenters. The number of nitrogens with one attached hydrogen (secondary N) is 1. The highest BCUT2D eigenvalue weighted by atomic mass is 35.5. The highest BCUT2D eigenvalue weighted by Gasteiger charge is 2.11. The standard InChI is InChI=1S/C12H18ClNO3.ClH/c1-3-17-11-7-9(8-14-4-5-15)6-10(13)12(11)16-2;/h6-7,14-15H,3-5,8H2,1-2H3;1H. The Morgan fingerprint density at radius 2 is 2.11 bits per heavy atom. The molecule has 0 aliphatic heterocycles. The smallest absolute Gasteiger partial charge is 0.179 e. The normalized spacial score (nSPS) is 9.78. The minimum Gasteiger partial charge on any atom is -0.491 e. The zero-order valence-electron chi connectivity index (χ0n) is 10.5. The number of halogens is 2. The zero-order valence-corrected chi connectivity index (χ0v) is 12.1. The first-order valence-corrected chi connectivity index (χ1v) is 5.91. The summed E-state index contributed by atoms with van der Waals surface area (Å²) in [5.41, 5.74) is 0.993. The highest BCUT2D eigenvalue weighted by Crippen LogP contribution is 2.36. The molecule has 4 nitrogen and oxygen atoms in total. The van der Waals surface area contributed by atoms with Crippen LogP contribution in [-0.4, -0.2) is 32.0 Å². The van der Waals surface area contributed by atoms with E-state index >= 15 is 0 Å². The van der Waals surface area contributed by atoms with E-state index in [2.05, 4.69) is 5.32 Å². The molecule has 1 aromatic carbocycles. The fraction of sp³-hybridized carbons (Fsp3) is 0.500. The maximum atomic E-state index is 8.69. The third-order valence-corrected chi connectivity index (χ3v) is 2.47.